The first-order valence-corrected chi connectivity index (χ1v) is 10.00. The molecule has 1 aliphatic rings. The zero-order valence-corrected chi connectivity index (χ0v) is 17.4. The molecule has 158 valence electrons. The van der Waals surface area contributed by atoms with E-state index in [-0.39, 0.29) is 17.5 Å². The fraction of sp³-hybridized carbons (Fsp3) is 0.364. The lowest BCUT2D eigenvalue weighted by atomic mass is 10.1. The Balaban J connectivity index is 1.75. The van der Waals surface area contributed by atoms with Crippen LogP contribution in [0.1, 0.15) is 35.7 Å². The summed E-state index contributed by atoms with van der Waals surface area (Å²) < 4.78 is 0. The number of benzene rings is 2. The van der Waals surface area contributed by atoms with Gasteiger partial charge >= 0.3 is 0 Å². The maximum atomic E-state index is 13.0. The van der Waals surface area contributed by atoms with Gasteiger partial charge in [-0.15, -0.1) is 0 Å². The predicted octanol–water partition coefficient (Wildman–Crippen LogP) is 3.60. The first kappa shape index (κ1) is 21.3. The van der Waals surface area contributed by atoms with Gasteiger partial charge in [-0.05, 0) is 57.0 Å². The minimum Gasteiger partial charge on any atom is -0.375 e. The molecule has 1 unspecified atom stereocenters. The largest absolute Gasteiger partial charge is 0.375 e. The van der Waals surface area contributed by atoms with E-state index in [1.807, 2.05) is 38.2 Å². The van der Waals surface area contributed by atoms with E-state index in [0.29, 0.717) is 29.8 Å². The third kappa shape index (κ3) is 4.42. The summed E-state index contributed by atoms with van der Waals surface area (Å²) in [6, 6.07) is 11.3. The molecule has 1 saturated heterocycles. The predicted molar refractivity (Wildman–Crippen MR) is 116 cm³/mol. The number of nitrogens with zero attached hydrogens (tertiary/aromatic N) is 3. The maximum Gasteiger partial charge on any atom is 0.272 e. The highest BCUT2D eigenvalue weighted by molar-refractivity contribution is 6.02. The normalized spacial score (nSPS) is 15.7. The van der Waals surface area contributed by atoms with Crippen LogP contribution in [0.25, 0.3) is 0 Å². The topological polar surface area (TPSA) is 95.8 Å². The third-order valence-electron chi connectivity index (χ3n) is 5.49. The zero-order chi connectivity index (χ0) is 21.8. The number of hydrogen-bond donors (Lipinski definition) is 1. The van der Waals surface area contributed by atoms with Crippen LogP contribution in [0.3, 0.4) is 0 Å². The smallest absolute Gasteiger partial charge is 0.272 e. The Bertz CT molecular complexity index is 975. The molecule has 1 atom stereocenters. The van der Waals surface area contributed by atoms with Gasteiger partial charge in [-0.1, -0.05) is 6.07 Å². The van der Waals surface area contributed by atoms with Crippen LogP contribution < -0.4 is 10.2 Å². The average Bonchev–Trinajstić information content (AvgIpc) is 3.22. The Labute approximate surface area is 175 Å². The van der Waals surface area contributed by atoms with Crippen LogP contribution in [-0.2, 0) is 4.79 Å². The SMILES string of the molecule is CCN(C)c1cccc(NC(=O)C2CCCN2C(=O)c2ccc([N+](=O)[O-])c(C)c2)c1. The van der Waals surface area contributed by atoms with Gasteiger partial charge < -0.3 is 15.1 Å². The summed E-state index contributed by atoms with van der Waals surface area (Å²) in [7, 11) is 1.98. The first-order chi connectivity index (χ1) is 14.3. The van der Waals surface area contributed by atoms with Crippen molar-refractivity contribution < 1.29 is 14.5 Å². The van der Waals surface area contributed by atoms with Crippen molar-refractivity contribution in [2.24, 2.45) is 0 Å². The van der Waals surface area contributed by atoms with Gasteiger partial charge in [0, 0.05) is 48.7 Å². The van der Waals surface area contributed by atoms with Gasteiger partial charge in [0.1, 0.15) is 6.04 Å². The van der Waals surface area contributed by atoms with Crippen molar-refractivity contribution in [2.45, 2.75) is 32.7 Å². The summed E-state index contributed by atoms with van der Waals surface area (Å²) in [5, 5.41) is 13.9. The van der Waals surface area contributed by atoms with Gasteiger partial charge in [0.05, 0.1) is 4.92 Å². The van der Waals surface area contributed by atoms with Crippen LogP contribution in [0.15, 0.2) is 42.5 Å². The summed E-state index contributed by atoms with van der Waals surface area (Å²) in [4.78, 5) is 40.1. The summed E-state index contributed by atoms with van der Waals surface area (Å²) in [5.74, 6) is -0.513. The minimum atomic E-state index is -0.569. The average molecular weight is 410 g/mol. The molecule has 1 fully saturated rings. The number of nitro benzene ring substituents is 1. The molecule has 0 spiro atoms. The molecule has 0 radical (unpaired) electrons. The number of carbonyl (C=O) groups is 2. The van der Waals surface area contributed by atoms with E-state index in [2.05, 4.69) is 10.2 Å². The van der Waals surface area contributed by atoms with E-state index in [1.165, 1.54) is 18.2 Å². The van der Waals surface area contributed by atoms with Crippen molar-refractivity contribution in [3.63, 3.8) is 0 Å². The highest BCUT2D eigenvalue weighted by Crippen LogP contribution is 2.25. The van der Waals surface area contributed by atoms with Crippen LogP contribution in [0, 0.1) is 17.0 Å². The van der Waals surface area contributed by atoms with E-state index in [1.54, 1.807) is 11.8 Å². The Morgan fingerprint density at radius 2 is 2.03 bits per heavy atom. The number of hydrogen-bond acceptors (Lipinski definition) is 5. The molecule has 8 heteroatoms. The molecule has 30 heavy (non-hydrogen) atoms. The number of rotatable bonds is 6. The molecule has 0 bridgehead atoms. The molecular weight excluding hydrogens is 384 g/mol. The third-order valence-corrected chi connectivity index (χ3v) is 5.49. The van der Waals surface area contributed by atoms with Crippen molar-refractivity contribution in [3.8, 4) is 0 Å². The molecule has 2 aromatic rings. The number of nitro groups is 1. The van der Waals surface area contributed by atoms with E-state index in [4.69, 9.17) is 0 Å². The van der Waals surface area contributed by atoms with Crippen molar-refractivity contribution in [2.75, 3.05) is 30.4 Å². The number of anilines is 2. The highest BCUT2D eigenvalue weighted by Gasteiger charge is 2.35. The Morgan fingerprint density at radius 1 is 1.27 bits per heavy atom. The number of likely N-dealkylation sites (tertiary alicyclic amines) is 1. The zero-order valence-electron chi connectivity index (χ0n) is 17.4. The van der Waals surface area contributed by atoms with E-state index in [0.717, 1.165) is 18.7 Å². The van der Waals surface area contributed by atoms with Crippen LogP contribution in [-0.4, -0.2) is 47.8 Å². The lowest BCUT2D eigenvalue weighted by Gasteiger charge is -2.24. The Morgan fingerprint density at radius 3 is 2.70 bits per heavy atom. The summed E-state index contributed by atoms with van der Waals surface area (Å²) in [6.45, 7) is 4.97. The molecule has 1 aliphatic heterocycles. The van der Waals surface area contributed by atoms with E-state index in [9.17, 15) is 19.7 Å². The second-order valence-corrected chi connectivity index (χ2v) is 7.47. The molecule has 2 amide bonds. The van der Waals surface area contributed by atoms with Crippen molar-refractivity contribution in [1.29, 1.82) is 0 Å². The Hall–Kier alpha value is -3.42. The molecule has 0 aromatic heterocycles. The fourth-order valence-electron chi connectivity index (χ4n) is 3.67. The van der Waals surface area contributed by atoms with Gasteiger partial charge in [-0.25, -0.2) is 0 Å². The molecule has 1 N–H and O–H groups in total. The van der Waals surface area contributed by atoms with Gasteiger partial charge in [0.2, 0.25) is 5.91 Å². The van der Waals surface area contributed by atoms with Crippen LogP contribution in [0.4, 0.5) is 17.1 Å². The summed E-state index contributed by atoms with van der Waals surface area (Å²) in [6.07, 6.45) is 1.31. The number of nitrogens with one attached hydrogen (secondary N) is 1. The fourth-order valence-corrected chi connectivity index (χ4v) is 3.67. The van der Waals surface area contributed by atoms with Crippen molar-refractivity contribution >= 4 is 28.9 Å². The lowest BCUT2D eigenvalue weighted by molar-refractivity contribution is -0.385. The number of aryl methyl sites for hydroxylation is 1. The molecule has 2 aromatic carbocycles. The number of carbonyl (C=O) groups excluding carboxylic acids is 2. The monoisotopic (exact) mass is 410 g/mol. The standard InChI is InChI=1S/C22H26N4O4/c1-4-24(3)18-8-5-7-17(14-18)23-21(27)20-9-6-12-25(20)22(28)16-10-11-19(26(29)30)15(2)13-16/h5,7-8,10-11,13-14,20H,4,6,9,12H2,1-3H3,(H,23,27). The highest BCUT2D eigenvalue weighted by atomic mass is 16.6. The Kier molecular flexibility index (Phi) is 6.34. The molecule has 3 rings (SSSR count). The molecule has 1 heterocycles. The quantitative estimate of drug-likeness (QED) is 0.580. The van der Waals surface area contributed by atoms with Crippen LogP contribution in [0.2, 0.25) is 0 Å². The second kappa shape index (κ2) is 8.94. The van der Waals surface area contributed by atoms with E-state index >= 15 is 0 Å². The second-order valence-electron chi connectivity index (χ2n) is 7.47. The maximum absolute atomic E-state index is 13.0. The van der Waals surface area contributed by atoms with Crippen LogP contribution in [0.5, 0.6) is 0 Å². The first-order valence-electron chi connectivity index (χ1n) is 10.00. The van der Waals surface area contributed by atoms with Crippen LogP contribution >= 0.6 is 0 Å². The molecule has 0 aliphatic carbocycles. The van der Waals surface area contributed by atoms with Gasteiger partial charge in [-0.3, -0.25) is 19.7 Å². The summed E-state index contributed by atoms with van der Waals surface area (Å²) in [5.41, 5.74) is 2.42. The van der Waals surface area contributed by atoms with Gasteiger partial charge in [-0.2, -0.15) is 0 Å². The summed E-state index contributed by atoms with van der Waals surface area (Å²) >= 11 is 0. The molecular formula is C22H26N4O4. The van der Waals surface area contributed by atoms with Crippen molar-refractivity contribution in [1.82, 2.24) is 4.90 Å². The van der Waals surface area contributed by atoms with Crippen molar-refractivity contribution in [3.05, 3.63) is 63.7 Å². The number of amides is 2. The molecule has 8 nitrogen and oxygen atoms in total. The van der Waals surface area contributed by atoms with Gasteiger partial charge in [0.25, 0.3) is 11.6 Å². The lowest BCUT2D eigenvalue weighted by Crippen LogP contribution is -2.43. The molecule has 0 saturated carbocycles. The van der Waals surface area contributed by atoms with E-state index < -0.39 is 11.0 Å². The van der Waals surface area contributed by atoms with Gasteiger partial charge in [0.15, 0.2) is 0 Å². The minimum absolute atomic E-state index is 0.0285.